The molecule has 0 aliphatic carbocycles. The summed E-state index contributed by atoms with van der Waals surface area (Å²) in [5.74, 6) is 1.49. The van der Waals surface area contributed by atoms with Gasteiger partial charge >= 0.3 is 0 Å². The molecule has 1 aromatic carbocycles. The fraction of sp³-hybridized carbons (Fsp3) is 0.385. The van der Waals surface area contributed by atoms with Crippen molar-refractivity contribution in [2.75, 3.05) is 13.2 Å². The molecule has 0 saturated heterocycles. The molecule has 2 heteroatoms. The summed E-state index contributed by atoms with van der Waals surface area (Å²) >= 11 is 0. The molecule has 0 saturated carbocycles. The number of nitrogens with two attached hydrogens (primary N) is 1. The van der Waals surface area contributed by atoms with Crippen LogP contribution in [0.4, 0.5) is 0 Å². The highest BCUT2D eigenvalue weighted by molar-refractivity contribution is 5.40. The van der Waals surface area contributed by atoms with Crippen molar-refractivity contribution in [3.63, 3.8) is 0 Å². The summed E-state index contributed by atoms with van der Waals surface area (Å²) < 4.78 is 5.61. The Morgan fingerprint density at radius 1 is 1.53 bits per heavy atom. The van der Waals surface area contributed by atoms with Crippen LogP contribution in [0.3, 0.4) is 0 Å². The lowest BCUT2D eigenvalue weighted by molar-refractivity contribution is 0.278. The number of ether oxygens (including phenoxy) is 1. The molecule has 2 rings (SSSR count). The van der Waals surface area contributed by atoms with Gasteiger partial charge in [0.05, 0.1) is 6.61 Å². The van der Waals surface area contributed by atoms with Crippen LogP contribution in [0, 0.1) is 0 Å². The van der Waals surface area contributed by atoms with Gasteiger partial charge in [0.15, 0.2) is 0 Å². The second kappa shape index (κ2) is 4.49. The van der Waals surface area contributed by atoms with Crippen molar-refractivity contribution >= 4 is 0 Å². The van der Waals surface area contributed by atoms with Crippen molar-refractivity contribution in [2.45, 2.75) is 19.3 Å². The summed E-state index contributed by atoms with van der Waals surface area (Å²) in [5, 5.41) is 0. The Hall–Kier alpha value is -1.28. The van der Waals surface area contributed by atoms with E-state index in [1.54, 1.807) is 0 Å². The highest BCUT2D eigenvalue weighted by Gasteiger charge is 2.18. The molecule has 1 aliphatic rings. The molecule has 0 fully saturated rings. The van der Waals surface area contributed by atoms with E-state index in [9.17, 15) is 0 Å². The number of rotatable bonds is 2. The quantitative estimate of drug-likeness (QED) is 0.749. The zero-order valence-corrected chi connectivity index (χ0v) is 9.07. The average Bonchev–Trinajstić information content (AvgIpc) is 2.29. The topological polar surface area (TPSA) is 35.2 Å². The first-order chi connectivity index (χ1) is 7.31. The predicted molar refractivity (Wildman–Crippen MR) is 62.1 cm³/mol. The summed E-state index contributed by atoms with van der Waals surface area (Å²) in [6.07, 6.45) is 3.32. The molecule has 2 N–H and O–H groups in total. The number of hydrogen-bond donors (Lipinski definition) is 1. The van der Waals surface area contributed by atoms with Crippen LogP contribution < -0.4 is 10.5 Å². The Labute approximate surface area is 90.7 Å². The molecule has 2 nitrogen and oxygen atoms in total. The lowest BCUT2D eigenvalue weighted by Gasteiger charge is -2.24. The van der Waals surface area contributed by atoms with Gasteiger partial charge in [0.2, 0.25) is 0 Å². The van der Waals surface area contributed by atoms with Gasteiger partial charge in [-0.05, 0) is 19.4 Å². The van der Waals surface area contributed by atoms with E-state index in [-0.39, 0.29) is 0 Å². The zero-order chi connectivity index (χ0) is 10.7. The fourth-order valence-electron chi connectivity index (χ4n) is 1.95. The third-order valence-corrected chi connectivity index (χ3v) is 2.81. The van der Waals surface area contributed by atoms with E-state index in [1.807, 2.05) is 12.1 Å². The second-order valence-corrected chi connectivity index (χ2v) is 4.00. The van der Waals surface area contributed by atoms with E-state index in [0.717, 1.165) is 18.8 Å². The minimum Gasteiger partial charge on any atom is -0.493 e. The Kier molecular flexibility index (Phi) is 3.07. The Morgan fingerprint density at radius 2 is 2.33 bits per heavy atom. The van der Waals surface area contributed by atoms with Gasteiger partial charge in [-0.25, -0.2) is 0 Å². The maximum atomic E-state index is 5.61. The molecule has 80 valence electrons. The first kappa shape index (κ1) is 10.2. The standard InChI is InChI=1S/C13H17NO/c1-10(9-14)8-11-6-7-15-13-5-3-2-4-12(11)13/h2-5,8,11H,6-7,9,14H2,1H3/b10-8-. The van der Waals surface area contributed by atoms with Crippen LogP contribution in [-0.2, 0) is 0 Å². The molecule has 15 heavy (non-hydrogen) atoms. The molecule has 1 heterocycles. The van der Waals surface area contributed by atoms with Crippen LogP contribution in [0.1, 0.15) is 24.8 Å². The maximum Gasteiger partial charge on any atom is 0.123 e. The van der Waals surface area contributed by atoms with E-state index in [4.69, 9.17) is 10.5 Å². The summed E-state index contributed by atoms with van der Waals surface area (Å²) in [5.41, 5.74) is 8.15. The fourth-order valence-corrected chi connectivity index (χ4v) is 1.95. The molecule has 1 unspecified atom stereocenters. The normalized spacial score (nSPS) is 20.7. The van der Waals surface area contributed by atoms with E-state index in [0.29, 0.717) is 12.5 Å². The van der Waals surface area contributed by atoms with Crippen molar-refractivity contribution in [3.05, 3.63) is 41.5 Å². The molecule has 0 radical (unpaired) electrons. The monoisotopic (exact) mass is 203 g/mol. The number of hydrogen-bond acceptors (Lipinski definition) is 2. The van der Waals surface area contributed by atoms with Gasteiger partial charge in [-0.15, -0.1) is 0 Å². The highest BCUT2D eigenvalue weighted by atomic mass is 16.5. The van der Waals surface area contributed by atoms with E-state index in [1.165, 1.54) is 11.1 Å². The third kappa shape index (κ3) is 2.21. The van der Waals surface area contributed by atoms with E-state index < -0.39 is 0 Å². The Balaban J connectivity index is 2.30. The SMILES string of the molecule is C/C(=C/C1CCOc2ccccc21)CN. The molecule has 1 aromatic rings. The number of benzene rings is 1. The molecular weight excluding hydrogens is 186 g/mol. The van der Waals surface area contributed by atoms with Gasteiger partial charge in [0.25, 0.3) is 0 Å². The van der Waals surface area contributed by atoms with Crippen LogP contribution in [0.15, 0.2) is 35.9 Å². The number of allylic oxidation sites excluding steroid dienone is 1. The predicted octanol–water partition coefficient (Wildman–Crippen LogP) is 2.46. The van der Waals surface area contributed by atoms with Gasteiger partial charge in [0, 0.05) is 18.0 Å². The second-order valence-electron chi connectivity index (χ2n) is 4.00. The lowest BCUT2D eigenvalue weighted by Crippen LogP contribution is -2.13. The van der Waals surface area contributed by atoms with Crippen LogP contribution >= 0.6 is 0 Å². The van der Waals surface area contributed by atoms with Crippen LogP contribution in [0.5, 0.6) is 5.75 Å². The lowest BCUT2D eigenvalue weighted by atomic mass is 9.91. The average molecular weight is 203 g/mol. The molecule has 0 aromatic heterocycles. The van der Waals surface area contributed by atoms with E-state index in [2.05, 4.69) is 25.1 Å². The smallest absolute Gasteiger partial charge is 0.123 e. The zero-order valence-electron chi connectivity index (χ0n) is 9.07. The Morgan fingerprint density at radius 3 is 3.13 bits per heavy atom. The minimum atomic E-state index is 0.471. The van der Waals surface area contributed by atoms with Gasteiger partial charge < -0.3 is 10.5 Å². The summed E-state index contributed by atoms with van der Waals surface area (Å²) in [6.45, 7) is 3.52. The van der Waals surface area contributed by atoms with Gasteiger partial charge in [-0.3, -0.25) is 0 Å². The van der Waals surface area contributed by atoms with Gasteiger partial charge in [0.1, 0.15) is 5.75 Å². The summed E-state index contributed by atoms with van der Waals surface area (Å²) in [6, 6.07) is 8.25. The van der Waals surface area contributed by atoms with Crippen LogP contribution in [0.2, 0.25) is 0 Å². The molecule has 0 amide bonds. The third-order valence-electron chi connectivity index (χ3n) is 2.81. The highest BCUT2D eigenvalue weighted by Crippen LogP contribution is 2.34. The van der Waals surface area contributed by atoms with Crippen molar-refractivity contribution in [2.24, 2.45) is 5.73 Å². The van der Waals surface area contributed by atoms with Crippen molar-refractivity contribution in [3.8, 4) is 5.75 Å². The van der Waals surface area contributed by atoms with E-state index >= 15 is 0 Å². The van der Waals surface area contributed by atoms with Crippen molar-refractivity contribution < 1.29 is 4.74 Å². The Bertz CT molecular complexity index is 371. The molecule has 1 atom stereocenters. The minimum absolute atomic E-state index is 0.471. The van der Waals surface area contributed by atoms with Crippen molar-refractivity contribution in [1.29, 1.82) is 0 Å². The summed E-state index contributed by atoms with van der Waals surface area (Å²) in [7, 11) is 0. The van der Waals surface area contributed by atoms with Crippen LogP contribution in [-0.4, -0.2) is 13.2 Å². The molecular formula is C13H17NO. The largest absolute Gasteiger partial charge is 0.493 e. The van der Waals surface area contributed by atoms with Crippen LogP contribution in [0.25, 0.3) is 0 Å². The number of para-hydroxylation sites is 1. The van der Waals surface area contributed by atoms with Gasteiger partial charge in [-0.1, -0.05) is 29.8 Å². The number of fused-ring (bicyclic) bond motifs is 1. The van der Waals surface area contributed by atoms with Crippen molar-refractivity contribution in [1.82, 2.24) is 0 Å². The summed E-state index contributed by atoms with van der Waals surface area (Å²) in [4.78, 5) is 0. The first-order valence-electron chi connectivity index (χ1n) is 5.40. The molecule has 0 spiro atoms. The maximum absolute atomic E-state index is 5.61. The molecule has 0 bridgehead atoms. The molecule has 1 aliphatic heterocycles. The first-order valence-corrected chi connectivity index (χ1v) is 5.40. The van der Waals surface area contributed by atoms with Gasteiger partial charge in [-0.2, -0.15) is 0 Å².